The second kappa shape index (κ2) is 7.49. The molecule has 6 nitrogen and oxygen atoms in total. The van der Waals surface area contributed by atoms with Gasteiger partial charge in [-0.2, -0.15) is 9.61 Å². The van der Waals surface area contributed by atoms with Crippen molar-refractivity contribution in [2.45, 2.75) is 39.2 Å². The summed E-state index contributed by atoms with van der Waals surface area (Å²) < 4.78 is 7.50. The van der Waals surface area contributed by atoms with E-state index in [2.05, 4.69) is 21.2 Å². The molecule has 7 heteroatoms. The highest BCUT2D eigenvalue weighted by Gasteiger charge is 2.17. The lowest BCUT2D eigenvalue weighted by Gasteiger charge is -2.17. The molecular formula is C18H23N5OS. The topological polar surface area (TPSA) is 55.6 Å². The fourth-order valence-corrected chi connectivity index (χ4v) is 4.11. The number of rotatable bonds is 5. The van der Waals surface area contributed by atoms with Gasteiger partial charge in [-0.25, -0.2) is 0 Å². The summed E-state index contributed by atoms with van der Waals surface area (Å²) in [6.45, 7) is 5.76. The predicted octanol–water partition coefficient (Wildman–Crippen LogP) is 3.63. The number of aromatic nitrogens is 4. The molecule has 0 spiro atoms. The lowest BCUT2D eigenvalue weighted by Crippen LogP contribution is -2.25. The van der Waals surface area contributed by atoms with Crippen LogP contribution in [0.2, 0.25) is 0 Å². The van der Waals surface area contributed by atoms with Crippen LogP contribution in [0.3, 0.4) is 0 Å². The van der Waals surface area contributed by atoms with Crippen molar-refractivity contribution >= 4 is 16.3 Å². The van der Waals surface area contributed by atoms with Crippen molar-refractivity contribution in [2.24, 2.45) is 0 Å². The SMILES string of the molecule is CCOc1cccc(-c2nn3c(CN4CCCCCC4)nnc3s2)c1. The Balaban J connectivity index is 1.58. The molecule has 0 saturated carbocycles. The van der Waals surface area contributed by atoms with Crippen molar-refractivity contribution in [1.82, 2.24) is 24.7 Å². The van der Waals surface area contributed by atoms with Gasteiger partial charge < -0.3 is 4.74 Å². The minimum Gasteiger partial charge on any atom is -0.494 e. The summed E-state index contributed by atoms with van der Waals surface area (Å²) >= 11 is 1.57. The zero-order valence-electron chi connectivity index (χ0n) is 14.5. The second-order valence-corrected chi connectivity index (χ2v) is 7.32. The van der Waals surface area contributed by atoms with Gasteiger partial charge in [0.05, 0.1) is 13.2 Å². The number of fused-ring (bicyclic) bond motifs is 1. The van der Waals surface area contributed by atoms with Crippen LogP contribution in [0.15, 0.2) is 24.3 Å². The van der Waals surface area contributed by atoms with Crippen LogP contribution in [0.4, 0.5) is 0 Å². The van der Waals surface area contributed by atoms with Crippen LogP contribution < -0.4 is 4.74 Å². The van der Waals surface area contributed by atoms with Gasteiger partial charge in [-0.15, -0.1) is 10.2 Å². The molecule has 4 rings (SSSR count). The van der Waals surface area contributed by atoms with Gasteiger partial charge in [-0.1, -0.05) is 36.3 Å². The van der Waals surface area contributed by atoms with E-state index in [1.165, 1.54) is 25.7 Å². The Bertz CT molecular complexity index is 835. The number of hydrogen-bond acceptors (Lipinski definition) is 6. The molecule has 1 fully saturated rings. The average molecular weight is 357 g/mol. The summed E-state index contributed by atoms with van der Waals surface area (Å²) in [5.41, 5.74) is 1.06. The molecule has 2 aromatic heterocycles. The standard InChI is InChI=1S/C18H23N5OS/c1-2-24-15-9-7-8-14(12-15)17-21-23-16(19-20-18(23)25-17)13-22-10-5-3-4-6-11-22/h7-9,12H,2-6,10-11,13H2,1H3. The molecule has 3 heterocycles. The number of ether oxygens (including phenoxy) is 1. The Labute approximate surface area is 151 Å². The monoisotopic (exact) mass is 357 g/mol. The summed E-state index contributed by atoms with van der Waals surface area (Å²) in [7, 11) is 0. The number of nitrogens with zero attached hydrogens (tertiary/aromatic N) is 5. The Morgan fingerprint density at radius 2 is 1.96 bits per heavy atom. The molecule has 0 atom stereocenters. The third-order valence-corrected chi connectivity index (χ3v) is 5.46. The third-order valence-electron chi connectivity index (χ3n) is 4.51. The number of hydrogen-bond donors (Lipinski definition) is 0. The van der Waals surface area contributed by atoms with Crippen molar-refractivity contribution in [3.05, 3.63) is 30.1 Å². The van der Waals surface area contributed by atoms with E-state index in [9.17, 15) is 0 Å². The van der Waals surface area contributed by atoms with Crippen LogP contribution in [0.5, 0.6) is 5.75 Å². The Morgan fingerprint density at radius 3 is 2.76 bits per heavy atom. The van der Waals surface area contributed by atoms with Crippen molar-refractivity contribution in [1.29, 1.82) is 0 Å². The largest absolute Gasteiger partial charge is 0.494 e. The van der Waals surface area contributed by atoms with E-state index in [4.69, 9.17) is 9.84 Å². The molecule has 132 valence electrons. The molecular weight excluding hydrogens is 334 g/mol. The highest BCUT2D eigenvalue weighted by Crippen LogP contribution is 2.28. The van der Waals surface area contributed by atoms with Crippen LogP contribution in [-0.4, -0.2) is 44.4 Å². The van der Waals surface area contributed by atoms with Crippen LogP contribution in [0.1, 0.15) is 38.4 Å². The summed E-state index contributed by atoms with van der Waals surface area (Å²) in [6, 6.07) is 8.06. The van der Waals surface area contributed by atoms with E-state index < -0.39 is 0 Å². The van der Waals surface area contributed by atoms with Crippen molar-refractivity contribution in [3.63, 3.8) is 0 Å². The van der Waals surface area contributed by atoms with Gasteiger partial charge in [0.15, 0.2) is 5.82 Å². The smallest absolute Gasteiger partial charge is 0.235 e. The van der Waals surface area contributed by atoms with Crippen molar-refractivity contribution < 1.29 is 4.74 Å². The highest BCUT2D eigenvalue weighted by molar-refractivity contribution is 7.19. The van der Waals surface area contributed by atoms with Crippen LogP contribution in [0, 0.1) is 0 Å². The molecule has 0 N–H and O–H groups in total. The summed E-state index contributed by atoms with van der Waals surface area (Å²) in [5.74, 6) is 1.80. The fourth-order valence-electron chi connectivity index (χ4n) is 3.25. The van der Waals surface area contributed by atoms with Crippen molar-refractivity contribution in [3.8, 4) is 16.3 Å². The summed E-state index contributed by atoms with van der Waals surface area (Å²) in [4.78, 5) is 3.32. The van der Waals surface area contributed by atoms with Crippen LogP contribution >= 0.6 is 11.3 Å². The molecule has 25 heavy (non-hydrogen) atoms. The highest BCUT2D eigenvalue weighted by atomic mass is 32.1. The van der Waals surface area contributed by atoms with E-state index in [1.54, 1.807) is 11.3 Å². The first-order valence-corrected chi connectivity index (χ1v) is 9.82. The molecule has 1 aliphatic heterocycles. The molecule has 3 aromatic rings. The van der Waals surface area contributed by atoms with Gasteiger partial charge in [0.25, 0.3) is 0 Å². The van der Waals surface area contributed by atoms with Gasteiger partial charge in [-0.3, -0.25) is 4.90 Å². The zero-order chi connectivity index (χ0) is 17.1. The number of benzene rings is 1. The number of likely N-dealkylation sites (tertiary alicyclic amines) is 1. The fraction of sp³-hybridized carbons (Fsp3) is 0.500. The molecule has 0 aliphatic carbocycles. The van der Waals surface area contributed by atoms with Gasteiger partial charge in [-0.05, 0) is 45.0 Å². The van der Waals surface area contributed by atoms with E-state index in [1.807, 2.05) is 29.6 Å². The lowest BCUT2D eigenvalue weighted by atomic mass is 10.2. The molecule has 0 bridgehead atoms. The molecule has 0 amide bonds. The predicted molar refractivity (Wildman–Crippen MR) is 99.0 cm³/mol. The maximum Gasteiger partial charge on any atom is 0.235 e. The van der Waals surface area contributed by atoms with E-state index in [0.29, 0.717) is 6.61 Å². The van der Waals surface area contributed by atoms with E-state index in [-0.39, 0.29) is 0 Å². The molecule has 0 unspecified atom stereocenters. The summed E-state index contributed by atoms with van der Waals surface area (Å²) in [6.07, 6.45) is 5.22. The first-order chi connectivity index (χ1) is 12.3. The van der Waals surface area contributed by atoms with E-state index in [0.717, 1.165) is 46.7 Å². The van der Waals surface area contributed by atoms with Gasteiger partial charge >= 0.3 is 0 Å². The molecule has 1 aromatic carbocycles. The Kier molecular flexibility index (Phi) is 4.94. The van der Waals surface area contributed by atoms with Gasteiger partial charge in [0, 0.05) is 5.56 Å². The zero-order valence-corrected chi connectivity index (χ0v) is 15.3. The first kappa shape index (κ1) is 16.5. The van der Waals surface area contributed by atoms with Gasteiger partial charge in [0.1, 0.15) is 10.8 Å². The summed E-state index contributed by atoms with van der Waals surface area (Å²) in [5, 5.41) is 14.4. The second-order valence-electron chi connectivity index (χ2n) is 6.37. The minimum atomic E-state index is 0.661. The van der Waals surface area contributed by atoms with Gasteiger partial charge in [0.2, 0.25) is 4.96 Å². The molecule has 1 aliphatic rings. The average Bonchev–Trinajstić information content (AvgIpc) is 3.10. The van der Waals surface area contributed by atoms with Crippen LogP contribution in [0.25, 0.3) is 15.5 Å². The maximum atomic E-state index is 5.60. The maximum absolute atomic E-state index is 5.60. The minimum absolute atomic E-state index is 0.661. The first-order valence-electron chi connectivity index (χ1n) is 9.00. The normalized spacial score (nSPS) is 16.2. The lowest BCUT2D eigenvalue weighted by molar-refractivity contribution is 0.268. The quantitative estimate of drug-likeness (QED) is 0.698. The van der Waals surface area contributed by atoms with Crippen LogP contribution in [-0.2, 0) is 6.54 Å². The Hall–Kier alpha value is -1.99. The van der Waals surface area contributed by atoms with E-state index >= 15 is 0 Å². The molecule has 1 saturated heterocycles. The Morgan fingerprint density at radius 1 is 1.12 bits per heavy atom. The third kappa shape index (κ3) is 3.67. The molecule has 0 radical (unpaired) electrons. The van der Waals surface area contributed by atoms with Crippen molar-refractivity contribution in [2.75, 3.05) is 19.7 Å².